The lowest BCUT2D eigenvalue weighted by molar-refractivity contribution is -0.138. The third-order valence-corrected chi connectivity index (χ3v) is 6.11. The van der Waals surface area contributed by atoms with Crippen LogP contribution >= 0.6 is 0 Å². The van der Waals surface area contributed by atoms with Crippen molar-refractivity contribution in [1.29, 1.82) is 0 Å². The van der Waals surface area contributed by atoms with Crippen molar-refractivity contribution < 1.29 is 22.7 Å². The van der Waals surface area contributed by atoms with Gasteiger partial charge in [0.05, 0.1) is 17.0 Å². The highest BCUT2D eigenvalue weighted by Crippen LogP contribution is 2.36. The molecule has 0 spiro atoms. The van der Waals surface area contributed by atoms with Crippen molar-refractivity contribution in [3.8, 4) is 0 Å². The summed E-state index contributed by atoms with van der Waals surface area (Å²) in [6.07, 6.45) is -1.18. The van der Waals surface area contributed by atoms with Gasteiger partial charge in [-0.25, -0.2) is 19.7 Å². The Balaban J connectivity index is 1.63. The normalized spacial score (nSPS) is 15.1. The molecule has 1 atom stereocenters. The highest BCUT2D eigenvalue weighted by atomic mass is 19.4. The van der Waals surface area contributed by atoms with Crippen LogP contribution in [0.5, 0.6) is 0 Å². The molecule has 0 bridgehead atoms. The van der Waals surface area contributed by atoms with Crippen LogP contribution in [0.2, 0.25) is 0 Å². The largest absolute Gasteiger partial charge is 0.444 e. The van der Waals surface area contributed by atoms with E-state index in [0.717, 1.165) is 17.2 Å². The molecule has 3 heterocycles. The summed E-state index contributed by atoms with van der Waals surface area (Å²) in [7, 11) is 0. The zero-order valence-electron chi connectivity index (χ0n) is 21.7. The molecule has 1 N–H and O–H groups in total. The predicted octanol–water partition coefficient (Wildman–Crippen LogP) is 6.47. The van der Waals surface area contributed by atoms with E-state index in [4.69, 9.17) is 4.74 Å². The summed E-state index contributed by atoms with van der Waals surface area (Å²) < 4.78 is 45.8. The van der Waals surface area contributed by atoms with Crippen LogP contribution in [0, 0.1) is 13.8 Å². The van der Waals surface area contributed by atoms with Crippen LogP contribution in [0.3, 0.4) is 0 Å². The summed E-state index contributed by atoms with van der Waals surface area (Å²) in [6.45, 7) is 11.3. The van der Waals surface area contributed by atoms with Gasteiger partial charge in [-0.1, -0.05) is 18.2 Å². The number of nitrogens with one attached hydrogen (secondary N) is 1. The highest BCUT2D eigenvalue weighted by molar-refractivity contribution is 5.90. The van der Waals surface area contributed by atoms with Crippen LogP contribution in [-0.4, -0.2) is 44.6 Å². The van der Waals surface area contributed by atoms with E-state index in [2.05, 4.69) is 20.3 Å². The molecule has 37 heavy (non-hydrogen) atoms. The Morgan fingerprint density at radius 1 is 1.16 bits per heavy atom. The van der Waals surface area contributed by atoms with Crippen molar-refractivity contribution >= 4 is 28.5 Å². The lowest BCUT2D eigenvalue weighted by Crippen LogP contribution is -2.35. The number of aromatic nitrogens is 3. The second-order valence-electron chi connectivity index (χ2n) is 10.2. The molecule has 10 heteroatoms. The number of anilines is 1. The molecule has 0 radical (unpaired) electrons. The summed E-state index contributed by atoms with van der Waals surface area (Å²) in [4.78, 5) is 27.5. The summed E-state index contributed by atoms with van der Waals surface area (Å²) in [6, 6.07) is 5.60. The van der Waals surface area contributed by atoms with E-state index in [1.807, 2.05) is 32.9 Å². The Kier molecular flexibility index (Phi) is 6.87. The molecule has 0 saturated heterocycles. The smallest absolute Gasteiger partial charge is 0.416 e. The van der Waals surface area contributed by atoms with Gasteiger partial charge in [-0.3, -0.25) is 0 Å². The molecule has 0 fully saturated rings. The van der Waals surface area contributed by atoms with Gasteiger partial charge >= 0.3 is 12.3 Å². The first-order chi connectivity index (χ1) is 17.2. The van der Waals surface area contributed by atoms with Gasteiger partial charge < -0.3 is 15.0 Å². The maximum absolute atomic E-state index is 13.4. The first-order valence-corrected chi connectivity index (χ1v) is 12.0. The minimum Gasteiger partial charge on any atom is -0.444 e. The molecular formula is C27H30F3N5O2. The number of benzene rings is 1. The maximum atomic E-state index is 13.4. The van der Waals surface area contributed by atoms with Crippen molar-refractivity contribution in [2.24, 2.45) is 0 Å². The number of pyridine rings is 1. The van der Waals surface area contributed by atoms with Crippen molar-refractivity contribution in [3.05, 3.63) is 64.6 Å². The maximum Gasteiger partial charge on any atom is 0.416 e. The SMILES string of the molecule is Cc1nc(N[C@H](C)c2cccc(C(F)(F)F)c2C)c2cc(C3=CCN(C(=O)OC(C)(C)C)C3)cnc2n1. The molecule has 0 aliphatic carbocycles. The van der Waals surface area contributed by atoms with Gasteiger partial charge in [-0.15, -0.1) is 0 Å². The van der Waals surface area contributed by atoms with Crippen molar-refractivity contribution in [2.75, 3.05) is 18.4 Å². The Morgan fingerprint density at radius 2 is 1.89 bits per heavy atom. The van der Waals surface area contributed by atoms with E-state index in [0.29, 0.717) is 41.3 Å². The Labute approximate surface area is 213 Å². The van der Waals surface area contributed by atoms with Crippen LogP contribution in [0.15, 0.2) is 36.5 Å². The summed E-state index contributed by atoms with van der Waals surface area (Å²) in [5, 5.41) is 3.90. The van der Waals surface area contributed by atoms with Crippen LogP contribution in [-0.2, 0) is 10.9 Å². The number of carbonyl (C=O) groups is 1. The third-order valence-electron chi connectivity index (χ3n) is 6.11. The monoisotopic (exact) mass is 513 g/mol. The minimum atomic E-state index is -4.43. The van der Waals surface area contributed by atoms with Gasteiger partial charge in [0.1, 0.15) is 17.2 Å². The van der Waals surface area contributed by atoms with Gasteiger partial charge in [-0.05, 0) is 75.9 Å². The van der Waals surface area contributed by atoms with E-state index in [1.54, 1.807) is 31.0 Å². The van der Waals surface area contributed by atoms with Gasteiger partial charge in [-0.2, -0.15) is 13.2 Å². The molecule has 1 amide bonds. The number of hydrogen-bond donors (Lipinski definition) is 1. The number of halogens is 3. The fraction of sp³-hybridized carbons (Fsp3) is 0.407. The first-order valence-electron chi connectivity index (χ1n) is 12.0. The topological polar surface area (TPSA) is 80.2 Å². The quantitative estimate of drug-likeness (QED) is 0.431. The van der Waals surface area contributed by atoms with Crippen LogP contribution in [0.25, 0.3) is 16.6 Å². The standard InChI is InChI=1S/C27H30F3N5O2/c1-15-20(8-7-9-22(15)27(28,29)30)16(2)32-24-21-12-19(13-31-23(21)33-17(3)34-24)18-10-11-35(14-18)25(36)37-26(4,5)6/h7-10,12-13,16H,11,14H2,1-6H3,(H,31,32,33,34)/t16-/m1/s1. The summed E-state index contributed by atoms with van der Waals surface area (Å²) in [5.41, 5.74) is 1.63. The molecular weight excluding hydrogens is 483 g/mol. The zero-order valence-corrected chi connectivity index (χ0v) is 21.7. The lowest BCUT2D eigenvalue weighted by atomic mass is 9.97. The average molecular weight is 514 g/mol. The van der Waals surface area contributed by atoms with Crippen molar-refractivity contribution in [1.82, 2.24) is 19.9 Å². The van der Waals surface area contributed by atoms with Gasteiger partial charge in [0.25, 0.3) is 0 Å². The number of amides is 1. The second kappa shape index (κ2) is 9.64. The lowest BCUT2D eigenvalue weighted by Gasteiger charge is -2.24. The summed E-state index contributed by atoms with van der Waals surface area (Å²) in [5.74, 6) is 0.961. The number of aryl methyl sites for hydroxylation is 1. The molecule has 0 unspecified atom stereocenters. The fourth-order valence-corrected chi connectivity index (χ4v) is 4.35. The first kappa shape index (κ1) is 26.4. The number of alkyl halides is 3. The number of rotatable bonds is 4. The van der Waals surface area contributed by atoms with Crippen molar-refractivity contribution in [2.45, 2.75) is 59.4 Å². The molecule has 1 aromatic carbocycles. The number of nitrogens with zero attached hydrogens (tertiary/aromatic N) is 4. The Hall–Kier alpha value is -3.69. The molecule has 0 saturated carbocycles. The van der Waals surface area contributed by atoms with Crippen LogP contribution in [0.1, 0.15) is 61.8 Å². The molecule has 1 aliphatic rings. The molecule has 2 aromatic heterocycles. The molecule has 4 rings (SSSR count). The van der Waals surface area contributed by atoms with Gasteiger partial charge in [0, 0.05) is 19.3 Å². The number of hydrogen-bond acceptors (Lipinski definition) is 6. The van der Waals surface area contributed by atoms with Crippen LogP contribution in [0.4, 0.5) is 23.8 Å². The van der Waals surface area contributed by atoms with E-state index < -0.39 is 23.4 Å². The molecule has 7 nitrogen and oxygen atoms in total. The highest BCUT2D eigenvalue weighted by Gasteiger charge is 2.33. The minimum absolute atomic E-state index is 0.169. The van der Waals surface area contributed by atoms with E-state index in [1.165, 1.54) is 13.0 Å². The molecule has 1 aliphatic heterocycles. The third kappa shape index (κ3) is 5.84. The van der Waals surface area contributed by atoms with E-state index in [9.17, 15) is 18.0 Å². The molecule has 196 valence electrons. The van der Waals surface area contributed by atoms with E-state index in [-0.39, 0.29) is 11.7 Å². The average Bonchev–Trinajstić information content (AvgIpc) is 3.27. The number of carbonyl (C=O) groups excluding carboxylic acids is 1. The molecule has 3 aromatic rings. The Bertz CT molecular complexity index is 1380. The second-order valence-corrected chi connectivity index (χ2v) is 10.2. The zero-order chi connectivity index (χ0) is 27.1. The summed E-state index contributed by atoms with van der Waals surface area (Å²) >= 11 is 0. The van der Waals surface area contributed by atoms with Gasteiger partial charge in [0.2, 0.25) is 0 Å². The fourth-order valence-electron chi connectivity index (χ4n) is 4.35. The Morgan fingerprint density at radius 3 is 2.57 bits per heavy atom. The van der Waals surface area contributed by atoms with E-state index >= 15 is 0 Å². The predicted molar refractivity (Wildman–Crippen MR) is 136 cm³/mol. The number of fused-ring (bicyclic) bond motifs is 1. The van der Waals surface area contributed by atoms with Crippen molar-refractivity contribution in [3.63, 3.8) is 0 Å². The van der Waals surface area contributed by atoms with Gasteiger partial charge in [0.15, 0.2) is 5.65 Å². The number of ether oxygens (including phenoxy) is 1. The van der Waals surface area contributed by atoms with Crippen LogP contribution < -0.4 is 5.32 Å².